The molecule has 380 valence electrons. The zero-order valence-corrected chi connectivity index (χ0v) is 48.1. The molecular formula is C56H74N6O3S6+2. The van der Waals surface area contributed by atoms with Gasteiger partial charge in [0.05, 0.1) is 7.11 Å². The van der Waals surface area contributed by atoms with Crippen molar-refractivity contribution in [2.45, 2.75) is 6.92 Å². The van der Waals surface area contributed by atoms with Gasteiger partial charge < -0.3 is 24.3 Å². The Morgan fingerprint density at radius 3 is 1.04 bits per heavy atom. The molecule has 71 heavy (non-hydrogen) atoms. The van der Waals surface area contributed by atoms with Crippen LogP contribution in [0.15, 0.2) is 146 Å². The second kappa shape index (κ2) is 36.3. The Morgan fingerprint density at radius 2 is 0.732 bits per heavy atom. The first-order chi connectivity index (χ1) is 34.4. The maximum atomic E-state index is 10.7. The van der Waals surface area contributed by atoms with Gasteiger partial charge in [0.1, 0.15) is 32.4 Å². The van der Waals surface area contributed by atoms with Crippen LogP contribution < -0.4 is 33.5 Å². The van der Waals surface area contributed by atoms with Gasteiger partial charge in [-0.15, -0.1) is 0 Å². The van der Waals surface area contributed by atoms with Crippen molar-refractivity contribution < 1.29 is 23.5 Å². The van der Waals surface area contributed by atoms with Crippen molar-refractivity contribution >= 4 is 112 Å². The van der Waals surface area contributed by atoms with Crippen LogP contribution in [-0.2, 0) is 14.1 Å². The Bertz CT molecular complexity index is 2340. The molecule has 0 aliphatic rings. The Labute approximate surface area is 449 Å². The minimum absolute atomic E-state index is 0.716. The van der Waals surface area contributed by atoms with Gasteiger partial charge in [-0.3, -0.25) is 9.59 Å². The van der Waals surface area contributed by atoms with E-state index in [9.17, 15) is 9.59 Å². The normalized spacial score (nSPS) is 10.4. The molecule has 0 unspecified atom stereocenters. The summed E-state index contributed by atoms with van der Waals surface area (Å²) < 4.78 is 9.25. The third-order valence-corrected chi connectivity index (χ3v) is 16.7. The fraction of sp³-hybridized carbons (Fsp3) is 0.321. The molecule has 6 aromatic rings. The summed E-state index contributed by atoms with van der Waals surface area (Å²) >= 11 is 0. The number of nitrogens with zero attached hydrogens (tertiary/aromatic N) is 6. The molecule has 0 N–H and O–H groups in total. The van der Waals surface area contributed by atoms with Crippen molar-refractivity contribution in [1.29, 1.82) is 0 Å². The third kappa shape index (κ3) is 25.5. The molecular weight excluding hydrogens is 997 g/mol. The average Bonchev–Trinajstić information content (AvgIpc) is 3.41. The number of aldehydes is 2. The molecule has 0 bridgehead atoms. The summed E-state index contributed by atoms with van der Waals surface area (Å²) in [6.45, 7) is 6.16. The van der Waals surface area contributed by atoms with Crippen molar-refractivity contribution in [3.8, 4) is 5.75 Å². The second-order valence-electron chi connectivity index (χ2n) is 16.2. The molecule has 0 saturated carbocycles. The maximum Gasteiger partial charge on any atom is 0.169 e. The zero-order chi connectivity index (χ0) is 51.6. The van der Waals surface area contributed by atoms with E-state index in [-0.39, 0.29) is 0 Å². The van der Waals surface area contributed by atoms with Crippen molar-refractivity contribution in [3.05, 3.63) is 174 Å². The lowest BCUT2D eigenvalue weighted by Gasteiger charge is -2.20. The first kappa shape index (κ1) is 60.7. The highest BCUT2D eigenvalue weighted by Crippen LogP contribution is 2.25. The number of carbonyl (C=O) groups excluding carboxylic acids is 2. The second-order valence-corrected chi connectivity index (χ2v) is 24.3. The SMILES string of the molecule is COc1ccc(N(C)CCSSCCN(C)c2ccc(C=O)cc2)cc1.CSSCCN(C)c1ccc(/C=C/c2cc[n+](C)cc2)cc1.CSSCCN(C)c1ccc(C=O)cc1.Cc1cc[n+](C)cc1. The van der Waals surface area contributed by atoms with Crippen molar-refractivity contribution in [2.75, 3.05) is 117 Å². The average molecular weight is 1070 g/mol. The van der Waals surface area contributed by atoms with Gasteiger partial charge in [-0.1, -0.05) is 89.0 Å². The molecule has 0 fully saturated rings. The maximum absolute atomic E-state index is 10.7. The van der Waals surface area contributed by atoms with Crippen molar-refractivity contribution in [1.82, 2.24) is 0 Å². The molecule has 4 aromatic carbocycles. The summed E-state index contributed by atoms with van der Waals surface area (Å²) in [4.78, 5) is 30.1. The Hall–Kier alpha value is -4.64. The molecule has 0 amide bonds. The van der Waals surface area contributed by atoms with Crippen molar-refractivity contribution in [2.24, 2.45) is 14.1 Å². The summed E-state index contributed by atoms with van der Waals surface area (Å²) in [7, 11) is 25.3. The minimum atomic E-state index is 0.716. The smallest absolute Gasteiger partial charge is 0.169 e. The standard InChI is InChI=1S/C20H26N2O2S2.C18H23N2S2.C11H15NOS2.C7H10N/c1-21(18-6-4-17(16-23)5-7-18)12-14-25-26-15-13-22(2)19-8-10-20(24-3)11-9-19;1-19-12-10-17(11-13-19)5-4-16-6-8-18(9-7-16)20(2)14-15-22-21-3;1-12(7-8-15-14-2)11-5-3-10(9-13)4-6-11;1-7-3-5-8(2)6-4-7/h4-11,16H,12-15H2,1-3H3;4-13H,14-15H2,1-3H3;3-6,9H,7-8H2,1-2H3;3-6H,1-2H3/q;+1;;+1. The first-order valence-corrected chi connectivity index (χ1v) is 31.1. The van der Waals surface area contributed by atoms with Gasteiger partial charge in [-0.2, -0.15) is 0 Å². The van der Waals surface area contributed by atoms with Gasteiger partial charge in [-0.05, 0) is 121 Å². The molecule has 9 nitrogen and oxygen atoms in total. The van der Waals surface area contributed by atoms with E-state index in [1.165, 1.54) is 28.1 Å². The monoisotopic (exact) mass is 1070 g/mol. The van der Waals surface area contributed by atoms with Crippen LogP contribution in [0.5, 0.6) is 5.75 Å². The van der Waals surface area contributed by atoms with E-state index in [0.717, 1.165) is 84.5 Å². The lowest BCUT2D eigenvalue weighted by Crippen LogP contribution is -2.25. The quantitative estimate of drug-likeness (QED) is 0.0250. The van der Waals surface area contributed by atoms with Crippen LogP contribution in [-0.4, -0.2) is 110 Å². The zero-order valence-electron chi connectivity index (χ0n) is 43.2. The van der Waals surface area contributed by atoms with Gasteiger partial charge in [0.2, 0.25) is 0 Å². The topological polar surface area (TPSA) is 64.1 Å². The van der Waals surface area contributed by atoms with E-state index in [2.05, 4.69) is 152 Å². The van der Waals surface area contributed by atoms with Gasteiger partial charge in [-0.25, -0.2) is 9.13 Å². The Kier molecular flexibility index (Phi) is 31.0. The highest BCUT2D eigenvalue weighted by Gasteiger charge is 2.05. The van der Waals surface area contributed by atoms with Gasteiger partial charge >= 0.3 is 0 Å². The van der Waals surface area contributed by atoms with Crippen LogP contribution in [0.4, 0.5) is 22.7 Å². The van der Waals surface area contributed by atoms with Gasteiger partial charge in [0.25, 0.3) is 0 Å². The van der Waals surface area contributed by atoms with Crippen LogP contribution in [0, 0.1) is 6.92 Å². The summed E-state index contributed by atoms with van der Waals surface area (Å²) in [5.74, 6) is 5.27. The lowest BCUT2D eigenvalue weighted by atomic mass is 10.1. The first-order valence-electron chi connectivity index (χ1n) is 23.2. The van der Waals surface area contributed by atoms with Crippen LogP contribution in [0.3, 0.4) is 0 Å². The molecule has 6 rings (SSSR count). The Balaban J connectivity index is 0.000000267. The van der Waals surface area contributed by atoms with E-state index < -0.39 is 0 Å². The minimum Gasteiger partial charge on any atom is -0.497 e. The number of anilines is 4. The van der Waals surface area contributed by atoms with E-state index in [4.69, 9.17) is 4.74 Å². The highest BCUT2D eigenvalue weighted by molar-refractivity contribution is 8.77. The number of methoxy groups -OCH3 is 1. The molecule has 0 atom stereocenters. The number of benzene rings is 4. The number of carbonyl (C=O) groups is 2. The Morgan fingerprint density at radius 1 is 0.437 bits per heavy atom. The molecule has 0 radical (unpaired) electrons. The van der Waals surface area contributed by atoms with E-state index in [0.29, 0.717) is 5.56 Å². The molecule has 0 aliphatic carbocycles. The highest BCUT2D eigenvalue weighted by atomic mass is 33.1. The van der Waals surface area contributed by atoms with Gasteiger partial charge in [0, 0.05) is 136 Å². The third-order valence-electron chi connectivity index (χ3n) is 10.8. The van der Waals surface area contributed by atoms with Crippen molar-refractivity contribution in [3.63, 3.8) is 0 Å². The predicted octanol–water partition coefficient (Wildman–Crippen LogP) is 12.4. The van der Waals surface area contributed by atoms with E-state index >= 15 is 0 Å². The molecule has 2 heterocycles. The fourth-order valence-corrected chi connectivity index (χ4v) is 10.7. The van der Waals surface area contributed by atoms with Crippen LogP contribution in [0.2, 0.25) is 0 Å². The van der Waals surface area contributed by atoms with Crippen LogP contribution in [0.25, 0.3) is 12.2 Å². The van der Waals surface area contributed by atoms with Crippen LogP contribution >= 0.6 is 64.8 Å². The predicted molar refractivity (Wildman–Crippen MR) is 322 cm³/mol. The number of aryl methyl sites for hydroxylation is 3. The number of ether oxygens (including phenoxy) is 1. The summed E-state index contributed by atoms with van der Waals surface area (Å²) in [5, 5.41) is 0. The number of rotatable bonds is 24. The lowest BCUT2D eigenvalue weighted by molar-refractivity contribution is -0.671. The molecule has 15 heteroatoms. The fourth-order valence-electron chi connectivity index (χ4n) is 6.18. The molecule has 2 aromatic heterocycles. The number of hydrogen-bond acceptors (Lipinski definition) is 13. The van der Waals surface area contributed by atoms with Crippen LogP contribution in [0.1, 0.15) is 37.4 Å². The number of hydrogen-bond donors (Lipinski definition) is 0. The molecule has 0 aliphatic heterocycles. The number of aromatic nitrogens is 2. The summed E-state index contributed by atoms with van der Waals surface area (Å²) in [6, 6.07) is 40.6. The summed E-state index contributed by atoms with van der Waals surface area (Å²) in [6.07, 6.45) is 18.4. The summed E-state index contributed by atoms with van der Waals surface area (Å²) in [5.41, 5.74) is 9.96. The van der Waals surface area contributed by atoms with E-state index in [1.54, 1.807) is 17.9 Å². The number of pyridine rings is 2. The van der Waals surface area contributed by atoms with Gasteiger partial charge in [0.15, 0.2) is 24.8 Å². The molecule has 0 spiro atoms. The largest absolute Gasteiger partial charge is 0.497 e. The van der Waals surface area contributed by atoms with E-state index in [1.807, 2.05) is 150 Å². The molecule has 0 saturated heterocycles.